The molecule has 0 spiro atoms. The second-order valence-electron chi connectivity index (χ2n) is 3.92. The van der Waals surface area contributed by atoms with Crippen molar-refractivity contribution < 1.29 is 14.3 Å². The predicted octanol–water partition coefficient (Wildman–Crippen LogP) is 2.57. The highest BCUT2D eigenvalue weighted by Gasteiger charge is 2.16. The van der Waals surface area contributed by atoms with Crippen LogP contribution in [0.5, 0.6) is 5.75 Å². The summed E-state index contributed by atoms with van der Waals surface area (Å²) in [6.45, 7) is 1.31. The number of methoxy groups -OCH3 is 2. The van der Waals surface area contributed by atoms with Gasteiger partial charge in [-0.3, -0.25) is 4.79 Å². The molecule has 4 nitrogen and oxygen atoms in total. The van der Waals surface area contributed by atoms with Gasteiger partial charge in [-0.1, -0.05) is 15.9 Å². The van der Waals surface area contributed by atoms with Gasteiger partial charge in [0, 0.05) is 31.8 Å². The number of carbonyl (C=O) groups is 1. The van der Waals surface area contributed by atoms with Gasteiger partial charge in [0.15, 0.2) is 0 Å². The molecular weight excluding hydrogens is 298 g/mol. The van der Waals surface area contributed by atoms with E-state index in [0.717, 1.165) is 10.9 Å². The smallest absolute Gasteiger partial charge is 0.257 e. The van der Waals surface area contributed by atoms with Crippen molar-refractivity contribution in [3.05, 3.63) is 28.2 Å². The number of nitrogens with zero attached hydrogens (tertiary/aromatic N) is 1. The second kappa shape index (κ2) is 7.38. The van der Waals surface area contributed by atoms with Crippen molar-refractivity contribution in [2.24, 2.45) is 0 Å². The van der Waals surface area contributed by atoms with Crippen molar-refractivity contribution in [3.8, 4) is 5.75 Å². The van der Waals surface area contributed by atoms with Gasteiger partial charge in [0.2, 0.25) is 0 Å². The molecular formula is C13H18BrNO3. The van der Waals surface area contributed by atoms with Crippen LogP contribution in [0, 0.1) is 0 Å². The summed E-state index contributed by atoms with van der Waals surface area (Å²) in [7, 11) is 4.99. The van der Waals surface area contributed by atoms with E-state index in [1.807, 2.05) is 6.07 Å². The van der Waals surface area contributed by atoms with Gasteiger partial charge in [0.1, 0.15) is 5.75 Å². The van der Waals surface area contributed by atoms with Crippen molar-refractivity contribution in [1.29, 1.82) is 0 Å². The summed E-state index contributed by atoms with van der Waals surface area (Å²) in [5, 5.41) is 0. The largest absolute Gasteiger partial charge is 0.496 e. The molecule has 0 heterocycles. The molecule has 0 saturated heterocycles. The first-order chi connectivity index (χ1) is 8.60. The first-order valence-corrected chi connectivity index (χ1v) is 6.47. The van der Waals surface area contributed by atoms with Crippen LogP contribution in [-0.4, -0.2) is 45.2 Å². The first kappa shape index (κ1) is 15.0. The molecule has 0 atom stereocenters. The van der Waals surface area contributed by atoms with Crippen molar-refractivity contribution in [2.75, 3.05) is 34.4 Å². The molecule has 1 rings (SSSR count). The lowest BCUT2D eigenvalue weighted by Crippen LogP contribution is -2.28. The van der Waals surface area contributed by atoms with Crippen molar-refractivity contribution in [1.82, 2.24) is 4.90 Å². The summed E-state index contributed by atoms with van der Waals surface area (Å²) < 4.78 is 11.1. The Labute approximate surface area is 116 Å². The van der Waals surface area contributed by atoms with Crippen molar-refractivity contribution in [2.45, 2.75) is 6.42 Å². The monoisotopic (exact) mass is 315 g/mol. The summed E-state index contributed by atoms with van der Waals surface area (Å²) in [6, 6.07) is 5.38. The molecule has 0 radical (unpaired) electrons. The molecule has 1 aromatic carbocycles. The maximum Gasteiger partial charge on any atom is 0.257 e. The lowest BCUT2D eigenvalue weighted by atomic mass is 10.1. The molecule has 0 aliphatic rings. The fourth-order valence-corrected chi connectivity index (χ4v) is 1.94. The van der Waals surface area contributed by atoms with Crippen LogP contribution in [0.3, 0.4) is 0 Å². The highest BCUT2D eigenvalue weighted by molar-refractivity contribution is 9.10. The van der Waals surface area contributed by atoms with E-state index in [4.69, 9.17) is 9.47 Å². The molecule has 1 amide bonds. The van der Waals surface area contributed by atoms with Crippen LogP contribution < -0.4 is 4.74 Å². The van der Waals surface area contributed by atoms with Gasteiger partial charge < -0.3 is 14.4 Å². The SMILES string of the molecule is COCCCN(C)C(=O)c1ccc(Br)cc1OC. The average Bonchev–Trinajstić information content (AvgIpc) is 2.37. The van der Waals surface area contributed by atoms with Crippen molar-refractivity contribution in [3.63, 3.8) is 0 Å². The van der Waals surface area contributed by atoms with Crippen LogP contribution in [0.25, 0.3) is 0 Å². The van der Waals surface area contributed by atoms with Gasteiger partial charge in [-0.05, 0) is 24.6 Å². The Kier molecular flexibility index (Phi) is 6.15. The number of ether oxygens (including phenoxy) is 2. The van der Waals surface area contributed by atoms with Gasteiger partial charge >= 0.3 is 0 Å². The number of halogens is 1. The van der Waals surface area contributed by atoms with E-state index in [1.54, 1.807) is 38.3 Å². The van der Waals surface area contributed by atoms with Crippen LogP contribution in [0.15, 0.2) is 22.7 Å². The Morgan fingerprint density at radius 1 is 1.39 bits per heavy atom. The van der Waals surface area contributed by atoms with Crippen LogP contribution in [0.2, 0.25) is 0 Å². The number of hydrogen-bond donors (Lipinski definition) is 0. The van der Waals surface area contributed by atoms with Crippen LogP contribution in [-0.2, 0) is 4.74 Å². The van der Waals surface area contributed by atoms with E-state index < -0.39 is 0 Å². The lowest BCUT2D eigenvalue weighted by Gasteiger charge is -2.18. The van der Waals surface area contributed by atoms with Gasteiger partial charge in [0.25, 0.3) is 5.91 Å². The molecule has 1 aromatic rings. The summed E-state index contributed by atoms with van der Waals surface area (Å²) in [5.74, 6) is 0.531. The lowest BCUT2D eigenvalue weighted by molar-refractivity contribution is 0.0776. The van der Waals surface area contributed by atoms with Gasteiger partial charge in [-0.25, -0.2) is 0 Å². The van der Waals surface area contributed by atoms with E-state index in [2.05, 4.69) is 15.9 Å². The Morgan fingerprint density at radius 3 is 2.72 bits per heavy atom. The molecule has 5 heteroatoms. The third-order valence-electron chi connectivity index (χ3n) is 2.58. The van der Waals surface area contributed by atoms with E-state index >= 15 is 0 Å². The molecule has 0 aliphatic carbocycles. The van der Waals surface area contributed by atoms with E-state index in [0.29, 0.717) is 24.5 Å². The number of rotatable bonds is 6. The summed E-state index contributed by atoms with van der Waals surface area (Å²) >= 11 is 3.35. The third kappa shape index (κ3) is 3.99. The fraction of sp³-hybridized carbons (Fsp3) is 0.462. The minimum absolute atomic E-state index is 0.0459. The predicted molar refractivity (Wildman–Crippen MR) is 74.1 cm³/mol. The van der Waals surface area contributed by atoms with E-state index in [-0.39, 0.29) is 5.91 Å². The summed E-state index contributed by atoms with van der Waals surface area (Å²) in [6.07, 6.45) is 0.817. The molecule has 0 unspecified atom stereocenters. The average molecular weight is 316 g/mol. The zero-order chi connectivity index (χ0) is 13.5. The van der Waals surface area contributed by atoms with E-state index in [1.165, 1.54) is 0 Å². The minimum Gasteiger partial charge on any atom is -0.496 e. The van der Waals surface area contributed by atoms with Crippen molar-refractivity contribution >= 4 is 21.8 Å². The van der Waals surface area contributed by atoms with Gasteiger partial charge in [0.05, 0.1) is 12.7 Å². The maximum absolute atomic E-state index is 12.2. The van der Waals surface area contributed by atoms with Gasteiger partial charge in [-0.2, -0.15) is 0 Å². The number of amides is 1. The third-order valence-corrected chi connectivity index (χ3v) is 3.08. The number of benzene rings is 1. The van der Waals surface area contributed by atoms with Crippen LogP contribution >= 0.6 is 15.9 Å². The zero-order valence-corrected chi connectivity index (χ0v) is 12.5. The Morgan fingerprint density at radius 2 is 2.11 bits per heavy atom. The fourth-order valence-electron chi connectivity index (χ4n) is 1.59. The highest BCUT2D eigenvalue weighted by Crippen LogP contribution is 2.24. The van der Waals surface area contributed by atoms with Gasteiger partial charge in [-0.15, -0.1) is 0 Å². The zero-order valence-electron chi connectivity index (χ0n) is 10.9. The van der Waals surface area contributed by atoms with Crippen LogP contribution in [0.1, 0.15) is 16.8 Å². The van der Waals surface area contributed by atoms with E-state index in [9.17, 15) is 4.79 Å². The molecule has 0 N–H and O–H groups in total. The minimum atomic E-state index is -0.0459. The topological polar surface area (TPSA) is 38.8 Å². The molecule has 0 bridgehead atoms. The molecule has 0 fully saturated rings. The Hall–Kier alpha value is -1.07. The quantitative estimate of drug-likeness (QED) is 0.757. The highest BCUT2D eigenvalue weighted by atomic mass is 79.9. The molecule has 0 aromatic heterocycles. The molecule has 100 valence electrons. The van der Waals surface area contributed by atoms with Crippen LogP contribution in [0.4, 0.5) is 0 Å². The Bertz CT molecular complexity index is 409. The molecule has 18 heavy (non-hydrogen) atoms. The second-order valence-corrected chi connectivity index (χ2v) is 4.83. The summed E-state index contributed by atoms with van der Waals surface area (Å²) in [5.41, 5.74) is 0.570. The first-order valence-electron chi connectivity index (χ1n) is 5.68. The molecule has 0 aliphatic heterocycles. The number of hydrogen-bond acceptors (Lipinski definition) is 3. The number of carbonyl (C=O) groups excluding carboxylic acids is 1. The normalized spacial score (nSPS) is 10.2. The summed E-state index contributed by atoms with van der Waals surface area (Å²) in [4.78, 5) is 13.9. The standard InChI is InChI=1S/C13H18BrNO3/c1-15(7-4-8-17-2)13(16)11-6-5-10(14)9-12(11)18-3/h5-6,9H,4,7-8H2,1-3H3. The maximum atomic E-state index is 12.2. The molecule has 0 saturated carbocycles. The Balaban J connectivity index is 2.76.